The average Bonchev–Trinajstić information content (AvgIpc) is 2.23. The van der Waals surface area contributed by atoms with Crippen molar-refractivity contribution in [3.8, 4) is 0 Å². The van der Waals surface area contributed by atoms with Gasteiger partial charge in [-0.3, -0.25) is 11.3 Å². The highest BCUT2D eigenvalue weighted by Crippen LogP contribution is 2.30. The quantitative estimate of drug-likeness (QED) is 0.642. The topological polar surface area (TPSA) is 41.3 Å². The third-order valence-electron chi connectivity index (χ3n) is 3.55. The van der Waals surface area contributed by atoms with E-state index in [1.165, 1.54) is 0 Å². The first-order valence-electron chi connectivity index (χ1n) is 5.70. The van der Waals surface area contributed by atoms with Crippen LogP contribution < -0.4 is 11.3 Å². The molecule has 0 saturated heterocycles. The van der Waals surface area contributed by atoms with Gasteiger partial charge in [0.2, 0.25) is 0 Å². The SMILES string of the molecule is Cc1ccc(C(NN)C(C)(C)N(C)C)cc1Cl. The number of hydrazine groups is 1. The molecule has 1 atom stereocenters. The number of hydrogen-bond donors (Lipinski definition) is 2. The van der Waals surface area contributed by atoms with Gasteiger partial charge in [0.1, 0.15) is 0 Å². The van der Waals surface area contributed by atoms with E-state index >= 15 is 0 Å². The largest absolute Gasteiger partial charge is 0.302 e. The minimum absolute atomic E-state index is 0.0237. The first kappa shape index (κ1) is 14.5. The van der Waals surface area contributed by atoms with Gasteiger partial charge >= 0.3 is 0 Å². The van der Waals surface area contributed by atoms with Gasteiger partial charge in [-0.05, 0) is 52.1 Å². The normalized spacial score (nSPS) is 14.1. The Balaban J connectivity index is 3.14. The first-order chi connectivity index (χ1) is 7.80. The van der Waals surface area contributed by atoms with E-state index in [1.807, 2.05) is 33.2 Å². The van der Waals surface area contributed by atoms with Crippen LogP contribution in [0.1, 0.15) is 31.0 Å². The molecule has 1 aromatic rings. The molecular formula is C13H22ClN3. The summed E-state index contributed by atoms with van der Waals surface area (Å²) in [5.41, 5.74) is 4.96. The molecule has 0 aliphatic rings. The van der Waals surface area contributed by atoms with E-state index in [0.717, 1.165) is 16.1 Å². The molecule has 1 rings (SSSR count). The maximum Gasteiger partial charge on any atom is 0.0638 e. The van der Waals surface area contributed by atoms with Crippen molar-refractivity contribution in [1.29, 1.82) is 0 Å². The highest BCUT2D eigenvalue weighted by Gasteiger charge is 2.32. The summed E-state index contributed by atoms with van der Waals surface area (Å²) in [5.74, 6) is 5.70. The molecule has 96 valence electrons. The minimum atomic E-state index is -0.104. The Morgan fingerprint density at radius 1 is 1.35 bits per heavy atom. The fourth-order valence-electron chi connectivity index (χ4n) is 1.75. The summed E-state index contributed by atoms with van der Waals surface area (Å²) in [6, 6.07) is 6.09. The maximum absolute atomic E-state index is 6.16. The molecule has 0 aromatic heterocycles. The lowest BCUT2D eigenvalue weighted by molar-refractivity contribution is 0.138. The van der Waals surface area contributed by atoms with Gasteiger partial charge in [-0.2, -0.15) is 0 Å². The van der Waals surface area contributed by atoms with Crippen molar-refractivity contribution in [3.05, 3.63) is 34.3 Å². The molecule has 0 fully saturated rings. The van der Waals surface area contributed by atoms with Gasteiger partial charge in [0.05, 0.1) is 6.04 Å². The molecule has 3 nitrogen and oxygen atoms in total. The molecule has 17 heavy (non-hydrogen) atoms. The van der Waals surface area contributed by atoms with Crippen LogP contribution in [0.4, 0.5) is 0 Å². The smallest absolute Gasteiger partial charge is 0.0638 e. The van der Waals surface area contributed by atoms with E-state index in [4.69, 9.17) is 17.4 Å². The van der Waals surface area contributed by atoms with Crippen LogP contribution in [-0.4, -0.2) is 24.5 Å². The summed E-state index contributed by atoms with van der Waals surface area (Å²) in [6.07, 6.45) is 0. The third-order valence-corrected chi connectivity index (χ3v) is 3.96. The molecule has 1 aromatic carbocycles. The standard InChI is InChI=1S/C13H22ClN3/c1-9-6-7-10(8-11(9)14)12(16-15)13(2,3)17(4)5/h6-8,12,16H,15H2,1-5H3. The minimum Gasteiger partial charge on any atom is -0.302 e. The van der Waals surface area contributed by atoms with E-state index in [1.54, 1.807) is 0 Å². The predicted molar refractivity (Wildman–Crippen MR) is 74.0 cm³/mol. The fourth-order valence-corrected chi connectivity index (χ4v) is 1.94. The van der Waals surface area contributed by atoms with E-state index in [9.17, 15) is 0 Å². The molecule has 0 spiro atoms. The Morgan fingerprint density at radius 2 is 1.94 bits per heavy atom. The zero-order chi connectivity index (χ0) is 13.2. The van der Waals surface area contributed by atoms with Crippen molar-refractivity contribution in [2.45, 2.75) is 32.4 Å². The van der Waals surface area contributed by atoms with Crippen LogP contribution in [0.2, 0.25) is 5.02 Å². The number of hydrogen-bond acceptors (Lipinski definition) is 3. The lowest BCUT2D eigenvalue weighted by atomic mass is 9.87. The second kappa shape index (κ2) is 5.36. The van der Waals surface area contributed by atoms with Crippen LogP contribution in [0, 0.1) is 6.92 Å². The van der Waals surface area contributed by atoms with Crippen molar-refractivity contribution in [2.75, 3.05) is 14.1 Å². The molecule has 0 aliphatic heterocycles. The van der Waals surface area contributed by atoms with Crippen molar-refractivity contribution >= 4 is 11.6 Å². The molecule has 0 amide bonds. The van der Waals surface area contributed by atoms with Gasteiger partial charge in [0, 0.05) is 10.6 Å². The lowest BCUT2D eigenvalue weighted by Crippen LogP contribution is -2.51. The van der Waals surface area contributed by atoms with Crippen LogP contribution in [0.15, 0.2) is 18.2 Å². The number of nitrogens with one attached hydrogen (secondary N) is 1. The second-order valence-corrected chi connectivity index (χ2v) is 5.56. The number of aryl methyl sites for hydroxylation is 1. The summed E-state index contributed by atoms with van der Waals surface area (Å²) < 4.78 is 0. The Kier molecular flexibility index (Phi) is 4.55. The molecule has 3 N–H and O–H groups in total. The lowest BCUT2D eigenvalue weighted by Gasteiger charge is -2.40. The number of nitrogens with zero attached hydrogens (tertiary/aromatic N) is 1. The monoisotopic (exact) mass is 255 g/mol. The van der Waals surface area contributed by atoms with Crippen LogP contribution in [0.5, 0.6) is 0 Å². The van der Waals surface area contributed by atoms with Gasteiger partial charge in [-0.1, -0.05) is 23.7 Å². The maximum atomic E-state index is 6.16. The van der Waals surface area contributed by atoms with Crippen LogP contribution >= 0.6 is 11.6 Å². The summed E-state index contributed by atoms with van der Waals surface area (Å²) in [7, 11) is 4.08. The predicted octanol–water partition coefficient (Wildman–Crippen LogP) is 2.49. The number of benzene rings is 1. The summed E-state index contributed by atoms with van der Waals surface area (Å²) >= 11 is 6.16. The van der Waals surface area contributed by atoms with Crippen molar-refractivity contribution in [3.63, 3.8) is 0 Å². The van der Waals surface area contributed by atoms with E-state index < -0.39 is 0 Å². The Labute approximate surface area is 109 Å². The number of rotatable bonds is 4. The zero-order valence-electron chi connectivity index (χ0n) is 11.2. The average molecular weight is 256 g/mol. The van der Waals surface area contributed by atoms with Crippen molar-refractivity contribution < 1.29 is 0 Å². The summed E-state index contributed by atoms with van der Waals surface area (Å²) in [4.78, 5) is 2.14. The van der Waals surface area contributed by atoms with Crippen LogP contribution in [0.3, 0.4) is 0 Å². The molecule has 1 unspecified atom stereocenters. The molecule has 0 bridgehead atoms. The number of likely N-dealkylation sites (N-methyl/N-ethyl adjacent to an activating group) is 1. The summed E-state index contributed by atoms with van der Waals surface area (Å²) in [5, 5.41) is 0.775. The molecule has 0 radical (unpaired) electrons. The third kappa shape index (κ3) is 2.99. The van der Waals surface area contributed by atoms with Crippen LogP contribution in [0.25, 0.3) is 0 Å². The molecule has 0 aliphatic carbocycles. The highest BCUT2D eigenvalue weighted by molar-refractivity contribution is 6.31. The highest BCUT2D eigenvalue weighted by atomic mass is 35.5. The molecule has 0 heterocycles. The van der Waals surface area contributed by atoms with Gasteiger partial charge in [-0.25, -0.2) is 0 Å². The van der Waals surface area contributed by atoms with E-state index in [-0.39, 0.29) is 11.6 Å². The fraction of sp³-hybridized carbons (Fsp3) is 0.538. The van der Waals surface area contributed by atoms with Crippen molar-refractivity contribution in [1.82, 2.24) is 10.3 Å². The zero-order valence-corrected chi connectivity index (χ0v) is 12.0. The molecular weight excluding hydrogens is 234 g/mol. The van der Waals surface area contributed by atoms with Crippen molar-refractivity contribution in [2.24, 2.45) is 5.84 Å². The van der Waals surface area contributed by atoms with E-state index in [2.05, 4.69) is 30.2 Å². The first-order valence-corrected chi connectivity index (χ1v) is 6.08. The molecule has 0 saturated carbocycles. The van der Waals surface area contributed by atoms with Gasteiger partial charge < -0.3 is 4.90 Å². The van der Waals surface area contributed by atoms with Gasteiger partial charge in [0.15, 0.2) is 0 Å². The Morgan fingerprint density at radius 3 is 2.35 bits per heavy atom. The Bertz CT molecular complexity index is 388. The number of halogens is 1. The second-order valence-electron chi connectivity index (χ2n) is 5.16. The Hall–Kier alpha value is -0.610. The van der Waals surface area contributed by atoms with Gasteiger partial charge in [0.25, 0.3) is 0 Å². The molecule has 4 heteroatoms. The van der Waals surface area contributed by atoms with E-state index in [0.29, 0.717) is 0 Å². The summed E-state index contributed by atoms with van der Waals surface area (Å²) in [6.45, 7) is 6.28. The number of nitrogens with two attached hydrogens (primary N) is 1. The van der Waals surface area contributed by atoms with Gasteiger partial charge in [-0.15, -0.1) is 0 Å². The van der Waals surface area contributed by atoms with Crippen LogP contribution in [-0.2, 0) is 0 Å².